The van der Waals surface area contributed by atoms with Crippen LogP contribution in [0.5, 0.6) is 5.75 Å². The first kappa shape index (κ1) is 23.5. The molecule has 1 aliphatic heterocycles. The van der Waals surface area contributed by atoms with Gasteiger partial charge in [0.15, 0.2) is 0 Å². The second-order valence-electron chi connectivity index (χ2n) is 7.75. The van der Waals surface area contributed by atoms with Crippen LogP contribution in [0.3, 0.4) is 0 Å². The highest BCUT2D eigenvalue weighted by molar-refractivity contribution is 7.89. The summed E-state index contributed by atoms with van der Waals surface area (Å²) in [5.74, 6) is -0.323. The summed E-state index contributed by atoms with van der Waals surface area (Å²) < 4.78 is 46.0. The van der Waals surface area contributed by atoms with Gasteiger partial charge in [-0.1, -0.05) is 29.8 Å². The van der Waals surface area contributed by atoms with E-state index in [1.54, 1.807) is 0 Å². The minimum absolute atomic E-state index is 0.0270. The lowest BCUT2D eigenvalue weighted by atomic mass is 9.97. The fourth-order valence-corrected chi connectivity index (χ4v) is 5.23. The number of hydrogen-bond acceptors (Lipinski definition) is 4. The molecule has 168 valence electrons. The molecular formula is C22H26ClFN2O4S. The van der Waals surface area contributed by atoms with E-state index in [0.717, 1.165) is 23.4 Å². The van der Waals surface area contributed by atoms with Crippen molar-refractivity contribution in [2.45, 2.75) is 44.2 Å². The Kier molecular flexibility index (Phi) is 7.56. The van der Waals surface area contributed by atoms with Gasteiger partial charge in [-0.15, -0.1) is 0 Å². The van der Waals surface area contributed by atoms with E-state index in [1.807, 2.05) is 38.1 Å². The van der Waals surface area contributed by atoms with Crippen molar-refractivity contribution in [3.05, 3.63) is 58.9 Å². The molecule has 0 aromatic heterocycles. The second-order valence-corrected chi connectivity index (χ2v) is 10.1. The average molecular weight is 469 g/mol. The third kappa shape index (κ3) is 5.75. The Balaban J connectivity index is 1.57. The van der Waals surface area contributed by atoms with Gasteiger partial charge in [0.25, 0.3) is 0 Å². The molecule has 0 unspecified atom stereocenters. The second kappa shape index (κ2) is 9.97. The number of hydrogen-bond donors (Lipinski definition) is 1. The Morgan fingerprint density at radius 2 is 1.90 bits per heavy atom. The molecule has 0 radical (unpaired) electrons. The quantitative estimate of drug-likeness (QED) is 0.666. The maximum atomic E-state index is 13.4. The smallest absolute Gasteiger partial charge is 0.243 e. The van der Waals surface area contributed by atoms with Crippen LogP contribution in [0.15, 0.2) is 47.4 Å². The number of ether oxygens (including phenoxy) is 1. The molecule has 2 aromatic carbocycles. The van der Waals surface area contributed by atoms with Crippen LogP contribution in [0, 0.1) is 11.7 Å². The highest BCUT2D eigenvalue weighted by Crippen LogP contribution is 2.27. The van der Waals surface area contributed by atoms with Crippen molar-refractivity contribution in [1.29, 1.82) is 0 Å². The summed E-state index contributed by atoms with van der Waals surface area (Å²) in [5.41, 5.74) is 0.887. The maximum absolute atomic E-state index is 13.4. The number of rotatable bonds is 7. The molecule has 3 rings (SSSR count). The van der Waals surface area contributed by atoms with E-state index in [0.29, 0.717) is 19.4 Å². The van der Waals surface area contributed by atoms with E-state index in [1.165, 1.54) is 10.4 Å². The zero-order valence-corrected chi connectivity index (χ0v) is 19.0. The first-order valence-corrected chi connectivity index (χ1v) is 12.0. The number of piperidine rings is 1. The van der Waals surface area contributed by atoms with Gasteiger partial charge in [-0.05, 0) is 51.0 Å². The summed E-state index contributed by atoms with van der Waals surface area (Å²) in [6.07, 6.45) is 0.841. The number of carbonyl (C=O) groups excluding carboxylic acids is 1. The number of sulfonamides is 1. The summed E-state index contributed by atoms with van der Waals surface area (Å²) in [7, 11) is -3.79. The van der Waals surface area contributed by atoms with Gasteiger partial charge < -0.3 is 10.1 Å². The Hall–Kier alpha value is -2.16. The van der Waals surface area contributed by atoms with E-state index in [2.05, 4.69) is 5.32 Å². The summed E-state index contributed by atoms with van der Waals surface area (Å²) >= 11 is 5.73. The Morgan fingerprint density at radius 3 is 2.55 bits per heavy atom. The molecule has 0 aliphatic carbocycles. The summed E-state index contributed by atoms with van der Waals surface area (Å²) in [6, 6.07) is 10.9. The van der Waals surface area contributed by atoms with Crippen molar-refractivity contribution in [1.82, 2.24) is 9.62 Å². The molecule has 1 N–H and O–H groups in total. The molecule has 1 aliphatic rings. The van der Waals surface area contributed by atoms with Gasteiger partial charge in [-0.3, -0.25) is 4.79 Å². The highest BCUT2D eigenvalue weighted by Gasteiger charge is 2.32. The number of amides is 1. The monoisotopic (exact) mass is 468 g/mol. The van der Waals surface area contributed by atoms with Crippen molar-refractivity contribution in [2.24, 2.45) is 5.92 Å². The fraction of sp³-hybridized carbons (Fsp3) is 0.409. The van der Waals surface area contributed by atoms with E-state index in [4.69, 9.17) is 16.3 Å². The predicted octanol–water partition coefficient (Wildman–Crippen LogP) is 3.98. The number of halogens is 2. The summed E-state index contributed by atoms with van der Waals surface area (Å²) in [6.45, 7) is 4.65. The van der Waals surface area contributed by atoms with Crippen molar-refractivity contribution in [3.63, 3.8) is 0 Å². The zero-order chi connectivity index (χ0) is 22.6. The number of carbonyl (C=O) groups is 1. The Labute approximate surface area is 187 Å². The van der Waals surface area contributed by atoms with Crippen molar-refractivity contribution < 1.29 is 22.3 Å². The lowest BCUT2D eigenvalue weighted by Crippen LogP contribution is -2.42. The van der Waals surface area contributed by atoms with Crippen LogP contribution in [-0.2, 0) is 21.4 Å². The molecular weight excluding hydrogens is 443 g/mol. The fourth-order valence-electron chi connectivity index (χ4n) is 3.49. The molecule has 6 nitrogen and oxygen atoms in total. The molecule has 0 bridgehead atoms. The number of para-hydroxylation sites is 1. The maximum Gasteiger partial charge on any atom is 0.243 e. The van der Waals surface area contributed by atoms with Crippen LogP contribution < -0.4 is 10.1 Å². The van der Waals surface area contributed by atoms with Gasteiger partial charge >= 0.3 is 0 Å². The standard InChI is InChI=1S/C22H26ClFN2O4S/c1-15(2)30-21-6-4-3-5-17(21)14-25-22(27)16-9-11-26(12-10-16)31(28,29)18-7-8-20(24)19(23)13-18/h3-8,13,15-16H,9-12,14H2,1-2H3,(H,25,27). The molecule has 0 saturated carbocycles. The topological polar surface area (TPSA) is 75.7 Å². The lowest BCUT2D eigenvalue weighted by molar-refractivity contribution is -0.126. The Bertz CT molecular complexity index is 1040. The molecule has 0 spiro atoms. The van der Waals surface area contributed by atoms with Crippen LogP contribution in [0.2, 0.25) is 5.02 Å². The third-order valence-corrected chi connectivity index (χ3v) is 7.33. The summed E-state index contributed by atoms with van der Waals surface area (Å²) in [5, 5.41) is 2.70. The van der Waals surface area contributed by atoms with E-state index >= 15 is 0 Å². The van der Waals surface area contributed by atoms with E-state index in [9.17, 15) is 17.6 Å². The van der Waals surface area contributed by atoms with Gasteiger partial charge in [0.2, 0.25) is 15.9 Å². The van der Waals surface area contributed by atoms with Crippen molar-refractivity contribution >= 4 is 27.5 Å². The SMILES string of the molecule is CC(C)Oc1ccccc1CNC(=O)C1CCN(S(=O)(=O)c2ccc(F)c(Cl)c2)CC1. The normalized spacial score (nSPS) is 15.8. The van der Waals surface area contributed by atoms with Gasteiger partial charge in [0.1, 0.15) is 11.6 Å². The minimum Gasteiger partial charge on any atom is -0.491 e. The largest absolute Gasteiger partial charge is 0.491 e. The third-order valence-electron chi connectivity index (χ3n) is 5.14. The predicted molar refractivity (Wildman–Crippen MR) is 117 cm³/mol. The van der Waals surface area contributed by atoms with Gasteiger partial charge in [0, 0.05) is 31.1 Å². The van der Waals surface area contributed by atoms with Crippen LogP contribution in [0.4, 0.5) is 4.39 Å². The molecule has 31 heavy (non-hydrogen) atoms. The average Bonchev–Trinajstić information content (AvgIpc) is 2.74. The van der Waals surface area contributed by atoms with Crippen LogP contribution in [0.25, 0.3) is 0 Å². The van der Waals surface area contributed by atoms with Crippen molar-refractivity contribution in [2.75, 3.05) is 13.1 Å². The molecule has 9 heteroatoms. The number of nitrogens with zero attached hydrogens (tertiary/aromatic N) is 1. The number of benzene rings is 2. The van der Waals surface area contributed by atoms with Crippen LogP contribution in [-0.4, -0.2) is 37.8 Å². The molecule has 1 fully saturated rings. The lowest BCUT2D eigenvalue weighted by Gasteiger charge is -2.30. The van der Waals surface area contributed by atoms with E-state index < -0.39 is 15.8 Å². The summed E-state index contributed by atoms with van der Waals surface area (Å²) in [4.78, 5) is 12.6. The molecule has 0 atom stereocenters. The van der Waals surface area contributed by atoms with Crippen LogP contribution >= 0.6 is 11.6 Å². The highest BCUT2D eigenvalue weighted by atomic mass is 35.5. The first-order chi connectivity index (χ1) is 14.7. The zero-order valence-electron chi connectivity index (χ0n) is 17.5. The first-order valence-electron chi connectivity index (χ1n) is 10.2. The molecule has 2 aromatic rings. The minimum atomic E-state index is -3.79. The van der Waals surface area contributed by atoms with Crippen molar-refractivity contribution in [3.8, 4) is 5.75 Å². The van der Waals surface area contributed by atoms with Gasteiger partial charge in [-0.2, -0.15) is 4.31 Å². The van der Waals surface area contributed by atoms with E-state index in [-0.39, 0.29) is 40.9 Å². The Morgan fingerprint density at radius 1 is 1.23 bits per heavy atom. The molecule has 1 saturated heterocycles. The van der Waals surface area contributed by atoms with Crippen LogP contribution in [0.1, 0.15) is 32.3 Å². The molecule has 1 amide bonds. The van der Waals surface area contributed by atoms with Gasteiger partial charge in [-0.25, -0.2) is 12.8 Å². The number of nitrogens with one attached hydrogen (secondary N) is 1. The molecule has 1 heterocycles. The van der Waals surface area contributed by atoms with Gasteiger partial charge in [0.05, 0.1) is 16.0 Å².